The summed E-state index contributed by atoms with van der Waals surface area (Å²) in [5.41, 5.74) is 2.27. The summed E-state index contributed by atoms with van der Waals surface area (Å²) in [5.74, 6) is 0.0429. The Bertz CT molecular complexity index is 1220. The number of imidazole rings is 1. The molecule has 0 saturated heterocycles. The number of sulfonamides is 1. The molecule has 0 spiro atoms. The number of benzene rings is 2. The number of aromatic nitrogens is 2. The van der Waals surface area contributed by atoms with Crippen molar-refractivity contribution in [3.63, 3.8) is 0 Å². The van der Waals surface area contributed by atoms with Crippen molar-refractivity contribution in [1.82, 2.24) is 13.9 Å². The zero-order valence-corrected chi connectivity index (χ0v) is 19.0. The van der Waals surface area contributed by atoms with E-state index in [0.717, 1.165) is 5.52 Å². The van der Waals surface area contributed by atoms with E-state index in [4.69, 9.17) is 0 Å². The number of fused-ring (bicyclic) bond motifs is 1. The van der Waals surface area contributed by atoms with Crippen LogP contribution in [0.3, 0.4) is 0 Å². The van der Waals surface area contributed by atoms with Crippen LogP contribution in [0.2, 0.25) is 0 Å². The summed E-state index contributed by atoms with van der Waals surface area (Å²) in [5, 5.41) is 2.69. The minimum absolute atomic E-state index is 0.164. The Labute approximate surface area is 181 Å². The van der Waals surface area contributed by atoms with Gasteiger partial charge in [-0.25, -0.2) is 17.8 Å². The lowest BCUT2D eigenvalue weighted by Crippen LogP contribution is -2.30. The Kier molecular flexibility index (Phi) is 6.76. The molecule has 0 aliphatic heterocycles. The van der Waals surface area contributed by atoms with E-state index in [1.165, 1.54) is 10.4 Å². The monoisotopic (exact) mass is 446 g/mol. The molecule has 31 heavy (non-hydrogen) atoms. The summed E-state index contributed by atoms with van der Waals surface area (Å²) in [6, 6.07) is 9.45. The first-order chi connectivity index (χ1) is 14.7. The van der Waals surface area contributed by atoms with Gasteiger partial charge in [-0.1, -0.05) is 19.9 Å². The molecule has 1 heterocycles. The summed E-state index contributed by atoms with van der Waals surface area (Å²) in [6.07, 6.45) is 0.529. The van der Waals surface area contributed by atoms with Crippen molar-refractivity contribution in [3.8, 4) is 0 Å². The maximum absolute atomic E-state index is 13.7. The van der Waals surface area contributed by atoms with Gasteiger partial charge in [0.25, 0.3) is 0 Å². The second kappa shape index (κ2) is 9.15. The Balaban J connectivity index is 1.76. The van der Waals surface area contributed by atoms with Crippen LogP contribution in [0.5, 0.6) is 0 Å². The van der Waals surface area contributed by atoms with Crippen LogP contribution in [0, 0.1) is 12.7 Å². The Morgan fingerprint density at radius 2 is 1.87 bits per heavy atom. The number of hydrogen-bond acceptors (Lipinski definition) is 4. The van der Waals surface area contributed by atoms with Crippen molar-refractivity contribution in [2.45, 2.75) is 38.5 Å². The molecule has 0 atom stereocenters. The molecule has 0 saturated carbocycles. The molecular weight excluding hydrogens is 419 g/mol. The number of carbonyl (C=O) groups excluding carboxylic acids is 1. The van der Waals surface area contributed by atoms with Crippen LogP contribution in [0.25, 0.3) is 11.0 Å². The smallest absolute Gasteiger partial charge is 0.243 e. The lowest BCUT2D eigenvalue weighted by Gasteiger charge is -2.18. The summed E-state index contributed by atoms with van der Waals surface area (Å²) < 4.78 is 42.5. The number of amides is 1. The maximum Gasteiger partial charge on any atom is 0.243 e. The van der Waals surface area contributed by atoms with E-state index in [-0.39, 0.29) is 23.0 Å². The number of anilines is 1. The minimum Gasteiger partial charge on any atom is -0.331 e. The third-order valence-corrected chi connectivity index (χ3v) is 7.37. The Morgan fingerprint density at radius 3 is 2.52 bits per heavy atom. The number of nitrogens with zero attached hydrogens (tertiary/aromatic N) is 3. The lowest BCUT2D eigenvalue weighted by molar-refractivity contribution is -0.116. The number of halogens is 1. The first kappa shape index (κ1) is 22.9. The number of carbonyl (C=O) groups is 1. The Hall–Kier alpha value is -2.78. The first-order valence-electron chi connectivity index (χ1n) is 10.2. The maximum atomic E-state index is 13.7. The van der Waals surface area contributed by atoms with Gasteiger partial charge in [0, 0.05) is 38.7 Å². The molecule has 9 heteroatoms. The predicted octanol–water partition coefficient (Wildman–Crippen LogP) is 3.62. The quantitative estimate of drug-likeness (QED) is 0.573. The fraction of sp³-hybridized carbons (Fsp3) is 0.364. The van der Waals surface area contributed by atoms with E-state index in [9.17, 15) is 17.6 Å². The van der Waals surface area contributed by atoms with Crippen molar-refractivity contribution in [2.24, 2.45) is 7.05 Å². The lowest BCUT2D eigenvalue weighted by atomic mass is 10.2. The van der Waals surface area contributed by atoms with E-state index in [0.29, 0.717) is 42.1 Å². The molecule has 166 valence electrons. The van der Waals surface area contributed by atoms with Gasteiger partial charge in [-0.15, -0.1) is 0 Å². The van der Waals surface area contributed by atoms with Crippen LogP contribution in [0.15, 0.2) is 41.3 Å². The first-order valence-corrected chi connectivity index (χ1v) is 11.6. The molecule has 1 aromatic heterocycles. The van der Waals surface area contributed by atoms with E-state index >= 15 is 0 Å². The highest BCUT2D eigenvalue weighted by Gasteiger charge is 2.22. The van der Waals surface area contributed by atoms with Gasteiger partial charge in [0.1, 0.15) is 11.6 Å². The standard InChI is InChI=1S/C22H27FN4O3S/c1-5-27(6-2)31(29,30)17-9-10-20-19(14-17)25-21(26(20)4)11-12-22(28)24-16-8-7-15(3)18(23)13-16/h7-10,13-14H,5-6,11-12H2,1-4H3,(H,24,28). The molecule has 1 N–H and O–H groups in total. The van der Waals surface area contributed by atoms with Gasteiger partial charge in [0.2, 0.25) is 15.9 Å². The van der Waals surface area contributed by atoms with E-state index in [2.05, 4.69) is 10.3 Å². The fourth-order valence-electron chi connectivity index (χ4n) is 3.45. The van der Waals surface area contributed by atoms with Gasteiger partial charge in [0.05, 0.1) is 15.9 Å². The molecule has 0 unspecified atom stereocenters. The number of nitrogens with one attached hydrogen (secondary N) is 1. The van der Waals surface area contributed by atoms with Crippen LogP contribution in [0.4, 0.5) is 10.1 Å². The van der Waals surface area contributed by atoms with Crippen LogP contribution < -0.4 is 5.32 Å². The third-order valence-electron chi connectivity index (χ3n) is 5.32. The highest BCUT2D eigenvalue weighted by Crippen LogP contribution is 2.23. The molecular formula is C22H27FN4O3S. The normalized spacial score (nSPS) is 11.9. The van der Waals surface area contributed by atoms with Gasteiger partial charge in [-0.3, -0.25) is 4.79 Å². The number of rotatable bonds is 8. The average molecular weight is 447 g/mol. The summed E-state index contributed by atoms with van der Waals surface area (Å²) in [4.78, 5) is 17.0. The third kappa shape index (κ3) is 4.77. The Morgan fingerprint density at radius 1 is 1.16 bits per heavy atom. The van der Waals surface area contributed by atoms with Crippen LogP contribution in [0.1, 0.15) is 31.7 Å². The highest BCUT2D eigenvalue weighted by molar-refractivity contribution is 7.89. The second-order valence-corrected chi connectivity index (χ2v) is 9.28. The topological polar surface area (TPSA) is 84.3 Å². The molecule has 0 aliphatic carbocycles. The molecule has 0 bridgehead atoms. The van der Waals surface area contributed by atoms with Crippen LogP contribution >= 0.6 is 0 Å². The highest BCUT2D eigenvalue weighted by atomic mass is 32.2. The van der Waals surface area contributed by atoms with Crippen molar-refractivity contribution in [1.29, 1.82) is 0 Å². The van der Waals surface area contributed by atoms with Crippen LogP contribution in [-0.4, -0.2) is 41.3 Å². The van der Waals surface area contributed by atoms with Gasteiger partial charge < -0.3 is 9.88 Å². The zero-order valence-electron chi connectivity index (χ0n) is 18.1. The van der Waals surface area contributed by atoms with Crippen molar-refractivity contribution < 1.29 is 17.6 Å². The molecule has 3 rings (SSSR count). The van der Waals surface area contributed by atoms with Crippen molar-refractivity contribution in [3.05, 3.63) is 53.6 Å². The van der Waals surface area contributed by atoms with Crippen molar-refractivity contribution >= 4 is 32.7 Å². The molecule has 1 amide bonds. The molecule has 7 nitrogen and oxygen atoms in total. The van der Waals surface area contributed by atoms with Gasteiger partial charge in [-0.2, -0.15) is 4.31 Å². The van der Waals surface area contributed by atoms with Gasteiger partial charge in [0.15, 0.2) is 0 Å². The number of hydrogen-bond donors (Lipinski definition) is 1. The largest absolute Gasteiger partial charge is 0.331 e. The molecule has 0 fully saturated rings. The number of aryl methyl sites for hydroxylation is 3. The second-order valence-electron chi connectivity index (χ2n) is 7.34. The summed E-state index contributed by atoms with van der Waals surface area (Å²) in [7, 11) is -1.74. The summed E-state index contributed by atoms with van der Waals surface area (Å²) in [6.45, 7) is 6.04. The molecule has 3 aromatic rings. The molecule has 0 radical (unpaired) electrons. The van der Waals surface area contributed by atoms with Crippen LogP contribution in [-0.2, 0) is 28.3 Å². The minimum atomic E-state index is -3.57. The van der Waals surface area contributed by atoms with E-state index in [1.54, 1.807) is 51.1 Å². The SMILES string of the molecule is CCN(CC)S(=O)(=O)c1ccc2c(c1)nc(CCC(=O)Nc1ccc(C)c(F)c1)n2C. The fourth-order valence-corrected chi connectivity index (χ4v) is 4.92. The average Bonchev–Trinajstić information content (AvgIpc) is 3.05. The van der Waals surface area contributed by atoms with Gasteiger partial charge >= 0.3 is 0 Å². The van der Waals surface area contributed by atoms with Gasteiger partial charge in [-0.05, 0) is 42.8 Å². The zero-order chi connectivity index (χ0) is 22.8. The van der Waals surface area contributed by atoms with Crippen molar-refractivity contribution in [2.75, 3.05) is 18.4 Å². The predicted molar refractivity (Wildman–Crippen MR) is 119 cm³/mol. The molecule has 2 aromatic carbocycles. The van der Waals surface area contributed by atoms with E-state index < -0.39 is 10.0 Å². The van der Waals surface area contributed by atoms with E-state index in [1.807, 2.05) is 11.6 Å². The molecule has 0 aliphatic rings. The summed E-state index contributed by atoms with van der Waals surface area (Å²) >= 11 is 0.